The van der Waals surface area contributed by atoms with E-state index in [4.69, 9.17) is 5.21 Å². The first-order valence-electron chi connectivity index (χ1n) is 4.78. The van der Waals surface area contributed by atoms with Gasteiger partial charge in [0.05, 0.1) is 5.92 Å². The SMILES string of the molecule is CCCC(C(=O)NO)c1ccccc1. The molecule has 0 bridgehead atoms. The number of hydroxylamine groups is 1. The Hall–Kier alpha value is -1.35. The predicted molar refractivity (Wildman–Crippen MR) is 54.0 cm³/mol. The van der Waals surface area contributed by atoms with Gasteiger partial charge in [0.2, 0.25) is 0 Å². The summed E-state index contributed by atoms with van der Waals surface area (Å²) in [6.07, 6.45) is 1.66. The molecule has 3 heteroatoms. The van der Waals surface area contributed by atoms with E-state index in [1.54, 1.807) is 5.48 Å². The highest BCUT2D eigenvalue weighted by molar-refractivity contribution is 5.82. The largest absolute Gasteiger partial charge is 0.289 e. The van der Waals surface area contributed by atoms with Gasteiger partial charge in [-0.15, -0.1) is 0 Å². The van der Waals surface area contributed by atoms with Gasteiger partial charge in [-0.25, -0.2) is 5.48 Å². The van der Waals surface area contributed by atoms with Gasteiger partial charge in [0.25, 0.3) is 5.91 Å². The average molecular weight is 193 g/mol. The highest BCUT2D eigenvalue weighted by atomic mass is 16.5. The molecule has 1 atom stereocenters. The molecule has 1 rings (SSSR count). The molecule has 0 saturated carbocycles. The summed E-state index contributed by atoms with van der Waals surface area (Å²) in [5, 5.41) is 8.59. The Labute approximate surface area is 83.7 Å². The van der Waals surface area contributed by atoms with Crippen molar-refractivity contribution in [1.29, 1.82) is 0 Å². The minimum atomic E-state index is -0.335. The van der Waals surface area contributed by atoms with E-state index >= 15 is 0 Å². The standard InChI is InChI=1S/C11H15NO2/c1-2-6-10(11(13)12-14)9-7-4-3-5-8-9/h3-5,7-8,10,14H,2,6H2,1H3,(H,12,13). The summed E-state index contributed by atoms with van der Waals surface area (Å²) < 4.78 is 0. The van der Waals surface area contributed by atoms with Crippen molar-refractivity contribution in [2.24, 2.45) is 0 Å². The second-order valence-electron chi connectivity index (χ2n) is 3.23. The minimum Gasteiger partial charge on any atom is -0.289 e. The molecule has 1 aromatic carbocycles. The summed E-state index contributed by atoms with van der Waals surface area (Å²) in [6, 6.07) is 9.49. The van der Waals surface area contributed by atoms with Crippen LogP contribution in [0.1, 0.15) is 31.2 Å². The van der Waals surface area contributed by atoms with Crippen LogP contribution in [0.4, 0.5) is 0 Å². The number of carbonyl (C=O) groups excluding carboxylic acids is 1. The molecule has 0 aliphatic carbocycles. The van der Waals surface area contributed by atoms with Gasteiger partial charge in [0, 0.05) is 0 Å². The van der Waals surface area contributed by atoms with Crippen LogP contribution in [-0.2, 0) is 4.79 Å². The first-order chi connectivity index (χ1) is 6.79. The second kappa shape index (κ2) is 5.40. The Morgan fingerprint density at radius 3 is 2.57 bits per heavy atom. The number of benzene rings is 1. The van der Waals surface area contributed by atoms with Gasteiger partial charge >= 0.3 is 0 Å². The molecule has 1 aromatic rings. The van der Waals surface area contributed by atoms with Crippen LogP contribution in [0.2, 0.25) is 0 Å². The molecule has 3 nitrogen and oxygen atoms in total. The Bertz CT molecular complexity index is 285. The van der Waals surface area contributed by atoms with E-state index in [0.29, 0.717) is 0 Å². The van der Waals surface area contributed by atoms with Gasteiger partial charge < -0.3 is 0 Å². The van der Waals surface area contributed by atoms with Gasteiger partial charge in [0.15, 0.2) is 0 Å². The molecular weight excluding hydrogens is 178 g/mol. The zero-order valence-electron chi connectivity index (χ0n) is 8.23. The third kappa shape index (κ3) is 2.57. The Morgan fingerprint density at radius 1 is 1.43 bits per heavy atom. The normalized spacial score (nSPS) is 12.1. The van der Waals surface area contributed by atoms with Crippen molar-refractivity contribution >= 4 is 5.91 Å². The van der Waals surface area contributed by atoms with Crippen molar-refractivity contribution < 1.29 is 10.0 Å². The van der Waals surface area contributed by atoms with Crippen molar-refractivity contribution in [3.05, 3.63) is 35.9 Å². The molecule has 0 spiro atoms. The van der Waals surface area contributed by atoms with E-state index in [0.717, 1.165) is 18.4 Å². The molecule has 0 aliphatic heterocycles. The molecule has 0 fully saturated rings. The molecule has 76 valence electrons. The van der Waals surface area contributed by atoms with Gasteiger partial charge in [-0.1, -0.05) is 43.7 Å². The summed E-state index contributed by atoms with van der Waals surface area (Å²) >= 11 is 0. The van der Waals surface area contributed by atoms with Crippen LogP contribution in [0.25, 0.3) is 0 Å². The van der Waals surface area contributed by atoms with E-state index in [9.17, 15) is 4.79 Å². The fourth-order valence-corrected chi connectivity index (χ4v) is 1.50. The van der Waals surface area contributed by atoms with Crippen LogP contribution in [-0.4, -0.2) is 11.1 Å². The van der Waals surface area contributed by atoms with Crippen molar-refractivity contribution in [2.45, 2.75) is 25.7 Å². The van der Waals surface area contributed by atoms with Crippen LogP contribution in [0.5, 0.6) is 0 Å². The van der Waals surface area contributed by atoms with Crippen LogP contribution >= 0.6 is 0 Å². The number of carbonyl (C=O) groups is 1. The van der Waals surface area contributed by atoms with E-state index < -0.39 is 0 Å². The maximum absolute atomic E-state index is 11.3. The quantitative estimate of drug-likeness (QED) is 0.568. The third-order valence-corrected chi connectivity index (χ3v) is 2.21. The van der Waals surface area contributed by atoms with E-state index in [1.165, 1.54) is 0 Å². The molecule has 0 aromatic heterocycles. The number of amides is 1. The molecular formula is C11H15NO2. The summed E-state index contributed by atoms with van der Waals surface area (Å²) in [6.45, 7) is 2.01. The zero-order chi connectivity index (χ0) is 10.4. The molecule has 0 heterocycles. The smallest absolute Gasteiger partial charge is 0.250 e. The second-order valence-corrected chi connectivity index (χ2v) is 3.23. The Balaban J connectivity index is 2.83. The first-order valence-corrected chi connectivity index (χ1v) is 4.78. The monoisotopic (exact) mass is 193 g/mol. The number of nitrogens with one attached hydrogen (secondary N) is 1. The van der Waals surface area contributed by atoms with Crippen molar-refractivity contribution in [1.82, 2.24) is 5.48 Å². The minimum absolute atomic E-state index is 0.244. The highest BCUT2D eigenvalue weighted by Gasteiger charge is 2.18. The van der Waals surface area contributed by atoms with E-state index in [-0.39, 0.29) is 11.8 Å². The van der Waals surface area contributed by atoms with E-state index in [2.05, 4.69) is 0 Å². The summed E-state index contributed by atoms with van der Waals surface area (Å²) in [5.41, 5.74) is 2.65. The number of hydrogen-bond donors (Lipinski definition) is 2. The summed E-state index contributed by atoms with van der Waals surface area (Å²) in [7, 11) is 0. The lowest BCUT2D eigenvalue weighted by Crippen LogP contribution is -2.26. The Kier molecular flexibility index (Phi) is 4.13. The lowest BCUT2D eigenvalue weighted by atomic mass is 9.94. The molecule has 1 unspecified atom stereocenters. The summed E-state index contributed by atoms with van der Waals surface area (Å²) in [5.74, 6) is -0.579. The van der Waals surface area contributed by atoms with Crippen LogP contribution in [0.3, 0.4) is 0 Å². The van der Waals surface area contributed by atoms with Gasteiger partial charge in [0.1, 0.15) is 0 Å². The molecule has 0 aliphatic rings. The molecule has 2 N–H and O–H groups in total. The van der Waals surface area contributed by atoms with Crippen molar-refractivity contribution in [2.75, 3.05) is 0 Å². The fourth-order valence-electron chi connectivity index (χ4n) is 1.50. The van der Waals surface area contributed by atoms with Crippen LogP contribution < -0.4 is 5.48 Å². The number of rotatable bonds is 4. The van der Waals surface area contributed by atoms with E-state index in [1.807, 2.05) is 37.3 Å². The molecule has 1 amide bonds. The topological polar surface area (TPSA) is 49.3 Å². The van der Waals surface area contributed by atoms with Gasteiger partial charge in [-0.05, 0) is 12.0 Å². The lowest BCUT2D eigenvalue weighted by Gasteiger charge is -2.13. The molecule has 0 saturated heterocycles. The number of hydrogen-bond acceptors (Lipinski definition) is 2. The zero-order valence-corrected chi connectivity index (χ0v) is 8.23. The molecule has 0 radical (unpaired) electrons. The maximum atomic E-state index is 11.3. The highest BCUT2D eigenvalue weighted by Crippen LogP contribution is 2.20. The lowest BCUT2D eigenvalue weighted by molar-refractivity contribution is -0.130. The fraction of sp³-hybridized carbons (Fsp3) is 0.364. The maximum Gasteiger partial charge on any atom is 0.250 e. The average Bonchev–Trinajstić information content (AvgIpc) is 2.26. The summed E-state index contributed by atoms with van der Waals surface area (Å²) in [4.78, 5) is 11.3. The van der Waals surface area contributed by atoms with Crippen molar-refractivity contribution in [3.8, 4) is 0 Å². The van der Waals surface area contributed by atoms with Crippen LogP contribution in [0, 0.1) is 0 Å². The molecule has 14 heavy (non-hydrogen) atoms. The third-order valence-electron chi connectivity index (χ3n) is 2.21. The first kappa shape index (κ1) is 10.7. The van der Waals surface area contributed by atoms with Gasteiger partial charge in [-0.2, -0.15) is 0 Å². The van der Waals surface area contributed by atoms with Gasteiger partial charge in [-0.3, -0.25) is 10.0 Å². The predicted octanol–water partition coefficient (Wildman–Crippen LogP) is 2.08. The Morgan fingerprint density at radius 2 is 2.07 bits per heavy atom. The van der Waals surface area contributed by atoms with Crippen LogP contribution in [0.15, 0.2) is 30.3 Å². The van der Waals surface area contributed by atoms with Crippen molar-refractivity contribution in [3.63, 3.8) is 0 Å².